The molecule has 62 valence electrons. The van der Waals surface area contributed by atoms with Gasteiger partial charge in [-0.1, -0.05) is 0 Å². The Hall–Kier alpha value is -0.450. The molecule has 3 atom stereocenters. The number of hydrogen-bond donors (Lipinski definition) is 0. The Kier molecular flexibility index (Phi) is 1.33. The number of carbonyl (C=O) groups excluding carboxylic acids is 1. The molecule has 0 amide bonds. The van der Waals surface area contributed by atoms with E-state index in [-0.39, 0.29) is 25.0 Å². The molecule has 2 saturated heterocycles. The number of Topliss-reactive ketones (excluding diaryl/α,β-unsaturated/α-hetero) is 1. The average molecular weight is 158 g/mol. The lowest BCUT2D eigenvalue weighted by molar-refractivity contribution is -0.291. The largest absolute Gasteiger partial charge is 0.343 e. The van der Waals surface area contributed by atoms with Crippen molar-refractivity contribution in [1.29, 1.82) is 0 Å². The van der Waals surface area contributed by atoms with Crippen LogP contribution < -0.4 is 0 Å². The third kappa shape index (κ3) is 0.772. The molecule has 0 saturated carbocycles. The van der Waals surface area contributed by atoms with Crippen molar-refractivity contribution in [2.75, 3.05) is 6.79 Å². The van der Waals surface area contributed by atoms with E-state index in [1.807, 2.05) is 0 Å². The summed E-state index contributed by atoms with van der Waals surface area (Å²) in [6, 6.07) is 0. The molecule has 0 unspecified atom stereocenters. The highest BCUT2D eigenvalue weighted by Gasteiger charge is 2.60. The molecule has 2 heterocycles. The minimum Gasteiger partial charge on any atom is -0.343 e. The average Bonchev–Trinajstić information content (AvgIpc) is 2.29. The van der Waals surface area contributed by atoms with E-state index in [1.165, 1.54) is 6.92 Å². The Bertz CT molecular complexity index is 203. The van der Waals surface area contributed by atoms with E-state index < -0.39 is 5.60 Å². The SMILES string of the molecule is CC(=O)[C@]1(C)O[C@H]2OCO[C@H]21. The lowest BCUT2D eigenvalue weighted by Gasteiger charge is -2.44. The zero-order chi connectivity index (χ0) is 8.06. The monoisotopic (exact) mass is 158 g/mol. The molecule has 0 aromatic rings. The van der Waals surface area contributed by atoms with Crippen LogP contribution in [0, 0.1) is 0 Å². The summed E-state index contributed by atoms with van der Waals surface area (Å²) in [6.07, 6.45) is -0.510. The number of carbonyl (C=O) groups is 1. The fourth-order valence-corrected chi connectivity index (χ4v) is 1.38. The molecule has 2 fully saturated rings. The van der Waals surface area contributed by atoms with E-state index in [9.17, 15) is 4.79 Å². The van der Waals surface area contributed by atoms with Gasteiger partial charge in [-0.05, 0) is 13.8 Å². The summed E-state index contributed by atoms with van der Waals surface area (Å²) in [5, 5.41) is 0. The Morgan fingerprint density at radius 3 is 2.82 bits per heavy atom. The minimum absolute atomic E-state index is 0.00995. The maximum Gasteiger partial charge on any atom is 0.191 e. The van der Waals surface area contributed by atoms with Crippen LogP contribution in [0.25, 0.3) is 0 Å². The van der Waals surface area contributed by atoms with E-state index in [1.54, 1.807) is 6.92 Å². The van der Waals surface area contributed by atoms with Gasteiger partial charge in [0, 0.05) is 0 Å². The normalized spacial score (nSPS) is 48.2. The summed E-state index contributed by atoms with van der Waals surface area (Å²) in [5.41, 5.74) is -0.763. The molecule has 11 heavy (non-hydrogen) atoms. The molecule has 4 heteroatoms. The van der Waals surface area contributed by atoms with Gasteiger partial charge in [-0.3, -0.25) is 4.79 Å². The first kappa shape index (κ1) is 7.21. The van der Waals surface area contributed by atoms with Gasteiger partial charge in [0.25, 0.3) is 0 Å². The molecule has 2 aliphatic heterocycles. The van der Waals surface area contributed by atoms with Crippen LogP contribution in [0.15, 0.2) is 0 Å². The molecule has 2 rings (SSSR count). The van der Waals surface area contributed by atoms with Crippen LogP contribution >= 0.6 is 0 Å². The van der Waals surface area contributed by atoms with Gasteiger partial charge in [-0.2, -0.15) is 0 Å². The van der Waals surface area contributed by atoms with E-state index >= 15 is 0 Å². The van der Waals surface area contributed by atoms with Crippen molar-refractivity contribution < 1.29 is 19.0 Å². The van der Waals surface area contributed by atoms with Crippen molar-refractivity contribution in [1.82, 2.24) is 0 Å². The van der Waals surface area contributed by atoms with E-state index in [0.29, 0.717) is 0 Å². The molecule has 4 nitrogen and oxygen atoms in total. The van der Waals surface area contributed by atoms with Gasteiger partial charge in [0.05, 0.1) is 0 Å². The minimum atomic E-state index is -0.763. The van der Waals surface area contributed by atoms with E-state index in [0.717, 1.165) is 0 Å². The first-order chi connectivity index (χ1) is 5.14. The highest BCUT2D eigenvalue weighted by atomic mass is 16.8. The second-order valence-electron chi connectivity index (χ2n) is 3.02. The van der Waals surface area contributed by atoms with Crippen molar-refractivity contribution >= 4 is 5.78 Å². The first-order valence-electron chi connectivity index (χ1n) is 3.56. The molecule has 0 N–H and O–H groups in total. The van der Waals surface area contributed by atoms with Crippen molar-refractivity contribution in [3.05, 3.63) is 0 Å². The van der Waals surface area contributed by atoms with Crippen LogP contribution in [0.1, 0.15) is 13.8 Å². The van der Waals surface area contributed by atoms with Gasteiger partial charge in [-0.15, -0.1) is 0 Å². The zero-order valence-electron chi connectivity index (χ0n) is 6.49. The predicted molar refractivity (Wildman–Crippen MR) is 34.8 cm³/mol. The third-order valence-corrected chi connectivity index (χ3v) is 2.33. The Balaban J connectivity index is 2.14. The van der Waals surface area contributed by atoms with Gasteiger partial charge >= 0.3 is 0 Å². The standard InChI is InChI=1S/C7H10O4/c1-4(8)7(2)5-6(11-7)10-3-9-5/h5-6H,3H2,1-2H3/t5-,6-,7+/m1/s1. The Labute approximate surface area is 64.4 Å². The van der Waals surface area contributed by atoms with Crippen molar-refractivity contribution in [3.63, 3.8) is 0 Å². The maximum atomic E-state index is 11.0. The fraction of sp³-hybridized carbons (Fsp3) is 0.857. The highest BCUT2D eigenvalue weighted by Crippen LogP contribution is 2.40. The predicted octanol–water partition coefficient (Wildman–Crippen LogP) is 0.0633. The lowest BCUT2D eigenvalue weighted by atomic mass is 9.88. The second kappa shape index (κ2) is 2.03. The smallest absolute Gasteiger partial charge is 0.191 e. The molecule has 0 spiro atoms. The number of ketones is 1. The van der Waals surface area contributed by atoms with Crippen LogP contribution in [-0.2, 0) is 19.0 Å². The quantitative estimate of drug-likeness (QED) is 0.541. The molecule has 2 aliphatic rings. The molecule has 0 aliphatic carbocycles. The fourth-order valence-electron chi connectivity index (χ4n) is 1.38. The van der Waals surface area contributed by atoms with Crippen LogP contribution in [0.4, 0.5) is 0 Å². The summed E-state index contributed by atoms with van der Waals surface area (Å²) < 4.78 is 15.4. The van der Waals surface area contributed by atoms with Gasteiger partial charge in [-0.25, -0.2) is 0 Å². The molecule has 0 bridgehead atoms. The highest BCUT2D eigenvalue weighted by molar-refractivity contribution is 5.86. The van der Waals surface area contributed by atoms with Crippen LogP contribution in [0.5, 0.6) is 0 Å². The van der Waals surface area contributed by atoms with Gasteiger partial charge in [0.1, 0.15) is 6.10 Å². The maximum absolute atomic E-state index is 11.0. The Morgan fingerprint density at radius 1 is 1.55 bits per heavy atom. The molecule has 0 radical (unpaired) electrons. The van der Waals surface area contributed by atoms with Gasteiger partial charge < -0.3 is 14.2 Å². The van der Waals surface area contributed by atoms with Crippen molar-refractivity contribution in [2.45, 2.75) is 31.8 Å². The number of fused-ring (bicyclic) bond motifs is 1. The summed E-state index contributed by atoms with van der Waals surface area (Å²) in [6.45, 7) is 3.46. The second-order valence-corrected chi connectivity index (χ2v) is 3.02. The van der Waals surface area contributed by atoms with Crippen LogP contribution in [0.2, 0.25) is 0 Å². The Morgan fingerprint density at radius 2 is 2.27 bits per heavy atom. The molecular weight excluding hydrogens is 148 g/mol. The zero-order valence-corrected chi connectivity index (χ0v) is 6.49. The van der Waals surface area contributed by atoms with Gasteiger partial charge in [0.2, 0.25) is 0 Å². The summed E-state index contributed by atoms with van der Waals surface area (Å²) in [5.74, 6) is -0.00995. The van der Waals surface area contributed by atoms with E-state index in [4.69, 9.17) is 14.2 Å². The number of hydrogen-bond acceptors (Lipinski definition) is 4. The van der Waals surface area contributed by atoms with Crippen LogP contribution in [0.3, 0.4) is 0 Å². The topological polar surface area (TPSA) is 44.8 Å². The first-order valence-corrected chi connectivity index (χ1v) is 3.56. The summed E-state index contributed by atoms with van der Waals surface area (Å²) >= 11 is 0. The summed E-state index contributed by atoms with van der Waals surface area (Å²) in [7, 11) is 0. The van der Waals surface area contributed by atoms with Gasteiger partial charge in [0.15, 0.2) is 24.5 Å². The van der Waals surface area contributed by atoms with Crippen LogP contribution in [-0.4, -0.2) is 30.6 Å². The van der Waals surface area contributed by atoms with Crippen molar-refractivity contribution in [3.8, 4) is 0 Å². The third-order valence-electron chi connectivity index (χ3n) is 2.33. The number of rotatable bonds is 1. The molecular formula is C7H10O4. The van der Waals surface area contributed by atoms with Crippen molar-refractivity contribution in [2.24, 2.45) is 0 Å². The molecule has 0 aromatic heterocycles. The summed E-state index contributed by atoms with van der Waals surface area (Å²) in [4.78, 5) is 11.0. The molecule has 0 aromatic carbocycles. The van der Waals surface area contributed by atoms with E-state index in [2.05, 4.69) is 0 Å². The number of ether oxygens (including phenoxy) is 3. The lowest BCUT2D eigenvalue weighted by Crippen LogP contribution is -2.64.